The second kappa shape index (κ2) is 7.81. The van der Waals surface area contributed by atoms with Crippen LogP contribution in [0.15, 0.2) is 53.9 Å². The summed E-state index contributed by atoms with van der Waals surface area (Å²) in [6.45, 7) is 0.506. The lowest BCUT2D eigenvalue weighted by Crippen LogP contribution is -2.26. The van der Waals surface area contributed by atoms with E-state index in [0.29, 0.717) is 30.0 Å². The Morgan fingerprint density at radius 3 is 2.76 bits per heavy atom. The number of rotatable bonds is 6. The lowest BCUT2D eigenvalue weighted by Gasteiger charge is -2.08. The molecule has 3 N–H and O–H groups in total. The highest BCUT2D eigenvalue weighted by atomic mass is 32.1. The van der Waals surface area contributed by atoms with Crippen LogP contribution in [0.3, 0.4) is 0 Å². The van der Waals surface area contributed by atoms with Gasteiger partial charge in [-0.1, -0.05) is 30.3 Å². The van der Waals surface area contributed by atoms with Crippen LogP contribution in [0.5, 0.6) is 5.75 Å². The number of amides is 1. The fourth-order valence-corrected chi connectivity index (χ4v) is 3.23. The van der Waals surface area contributed by atoms with Gasteiger partial charge in [0.25, 0.3) is 5.91 Å². The van der Waals surface area contributed by atoms with Crippen molar-refractivity contribution in [2.75, 3.05) is 19.4 Å². The van der Waals surface area contributed by atoms with Crippen LogP contribution in [0, 0.1) is 0 Å². The molecule has 3 aromatic rings. The largest absolute Gasteiger partial charge is 0.497 e. The highest BCUT2D eigenvalue weighted by molar-refractivity contribution is 7.09. The Labute approximate surface area is 150 Å². The third kappa shape index (κ3) is 4.16. The van der Waals surface area contributed by atoms with Gasteiger partial charge in [-0.15, -0.1) is 11.3 Å². The molecule has 3 rings (SSSR count). The fourth-order valence-electron chi connectivity index (χ4n) is 2.42. The fraction of sp³-hybridized carbons (Fsp3) is 0.158. The van der Waals surface area contributed by atoms with Crippen molar-refractivity contribution in [3.63, 3.8) is 0 Å². The third-order valence-electron chi connectivity index (χ3n) is 3.75. The molecule has 5 nitrogen and oxygen atoms in total. The van der Waals surface area contributed by atoms with E-state index in [1.807, 2.05) is 35.7 Å². The maximum absolute atomic E-state index is 12.2. The predicted molar refractivity (Wildman–Crippen MR) is 101 cm³/mol. The predicted octanol–water partition coefficient (Wildman–Crippen LogP) is 3.37. The SMILES string of the molecule is COc1ccc(C(=O)NCCc2nc(-c3ccccc3)cs2)c(N)c1. The number of benzene rings is 2. The minimum absolute atomic E-state index is 0.194. The van der Waals surface area contributed by atoms with Crippen LogP contribution in [-0.2, 0) is 6.42 Å². The van der Waals surface area contributed by atoms with Crippen molar-refractivity contribution < 1.29 is 9.53 Å². The third-order valence-corrected chi connectivity index (χ3v) is 4.66. The molecule has 0 fully saturated rings. The van der Waals surface area contributed by atoms with Crippen LogP contribution in [0.2, 0.25) is 0 Å². The van der Waals surface area contributed by atoms with Gasteiger partial charge in [-0.2, -0.15) is 0 Å². The maximum Gasteiger partial charge on any atom is 0.253 e. The number of carbonyl (C=O) groups excluding carboxylic acids is 1. The summed E-state index contributed by atoms with van der Waals surface area (Å²) in [5.74, 6) is 0.435. The van der Waals surface area contributed by atoms with Crippen molar-refractivity contribution in [3.8, 4) is 17.0 Å². The number of hydrogen-bond acceptors (Lipinski definition) is 5. The van der Waals surface area contributed by atoms with E-state index in [9.17, 15) is 4.79 Å². The molecule has 0 aliphatic carbocycles. The van der Waals surface area contributed by atoms with Gasteiger partial charge >= 0.3 is 0 Å². The van der Waals surface area contributed by atoms with Gasteiger partial charge in [-0.05, 0) is 12.1 Å². The molecule has 1 heterocycles. The summed E-state index contributed by atoms with van der Waals surface area (Å²) >= 11 is 1.60. The van der Waals surface area contributed by atoms with Crippen molar-refractivity contribution in [3.05, 3.63) is 64.5 Å². The Hall–Kier alpha value is -2.86. The molecule has 1 amide bonds. The second-order valence-corrected chi connectivity index (χ2v) is 6.39. The van der Waals surface area contributed by atoms with E-state index in [-0.39, 0.29) is 5.91 Å². The molecule has 2 aromatic carbocycles. The number of nitrogens with one attached hydrogen (secondary N) is 1. The topological polar surface area (TPSA) is 77.2 Å². The van der Waals surface area contributed by atoms with Gasteiger partial charge in [0, 0.05) is 35.7 Å². The molecule has 0 bridgehead atoms. The number of methoxy groups -OCH3 is 1. The summed E-state index contributed by atoms with van der Waals surface area (Å²) in [7, 11) is 1.56. The first-order valence-corrected chi connectivity index (χ1v) is 8.77. The lowest BCUT2D eigenvalue weighted by atomic mass is 10.1. The summed E-state index contributed by atoms with van der Waals surface area (Å²) in [6, 6.07) is 15.1. The lowest BCUT2D eigenvalue weighted by molar-refractivity contribution is 0.0955. The monoisotopic (exact) mass is 353 g/mol. The first-order chi connectivity index (χ1) is 12.2. The molecule has 25 heavy (non-hydrogen) atoms. The van der Waals surface area contributed by atoms with Crippen LogP contribution in [0.25, 0.3) is 11.3 Å². The van der Waals surface area contributed by atoms with E-state index < -0.39 is 0 Å². The van der Waals surface area contributed by atoms with Crippen LogP contribution in [0.1, 0.15) is 15.4 Å². The van der Waals surface area contributed by atoms with E-state index >= 15 is 0 Å². The molecule has 0 radical (unpaired) electrons. The number of hydrogen-bond donors (Lipinski definition) is 2. The van der Waals surface area contributed by atoms with Crippen LogP contribution in [-0.4, -0.2) is 24.5 Å². The number of ether oxygens (including phenoxy) is 1. The Bertz CT molecular complexity index is 862. The van der Waals surface area contributed by atoms with Gasteiger partial charge < -0.3 is 15.8 Å². The molecular weight excluding hydrogens is 334 g/mol. The Kier molecular flexibility index (Phi) is 5.30. The maximum atomic E-state index is 12.2. The van der Waals surface area contributed by atoms with Crippen LogP contribution >= 0.6 is 11.3 Å². The second-order valence-electron chi connectivity index (χ2n) is 5.45. The first-order valence-electron chi connectivity index (χ1n) is 7.89. The summed E-state index contributed by atoms with van der Waals surface area (Å²) in [5.41, 5.74) is 8.81. The first kappa shape index (κ1) is 17.0. The highest BCUT2D eigenvalue weighted by Crippen LogP contribution is 2.22. The summed E-state index contributed by atoms with van der Waals surface area (Å²) in [6.07, 6.45) is 0.680. The molecule has 0 aliphatic heterocycles. The number of anilines is 1. The quantitative estimate of drug-likeness (QED) is 0.666. The summed E-state index contributed by atoms with van der Waals surface area (Å²) in [4.78, 5) is 16.8. The van der Waals surface area contributed by atoms with Crippen LogP contribution < -0.4 is 15.8 Å². The van der Waals surface area contributed by atoms with Gasteiger partial charge in [0.1, 0.15) is 5.75 Å². The zero-order chi connectivity index (χ0) is 17.6. The average Bonchev–Trinajstić information content (AvgIpc) is 3.11. The zero-order valence-corrected chi connectivity index (χ0v) is 14.7. The molecule has 0 atom stereocenters. The zero-order valence-electron chi connectivity index (χ0n) is 13.9. The van der Waals surface area contributed by atoms with Gasteiger partial charge in [0.05, 0.1) is 23.4 Å². The number of nitrogens with two attached hydrogens (primary N) is 1. The minimum atomic E-state index is -0.194. The Balaban J connectivity index is 1.56. The number of thiazole rings is 1. The van der Waals surface area contributed by atoms with Crippen molar-refractivity contribution >= 4 is 22.9 Å². The van der Waals surface area contributed by atoms with Gasteiger partial charge in [-0.3, -0.25) is 4.79 Å². The average molecular weight is 353 g/mol. The molecule has 6 heteroatoms. The number of nitrogen functional groups attached to an aromatic ring is 1. The smallest absolute Gasteiger partial charge is 0.253 e. The molecule has 0 aliphatic rings. The molecule has 0 spiro atoms. The van der Waals surface area contributed by atoms with Gasteiger partial charge in [0.2, 0.25) is 0 Å². The minimum Gasteiger partial charge on any atom is -0.497 e. The van der Waals surface area contributed by atoms with E-state index in [0.717, 1.165) is 16.3 Å². The Morgan fingerprint density at radius 2 is 2.04 bits per heavy atom. The molecule has 0 saturated carbocycles. The van der Waals surface area contributed by atoms with E-state index in [1.165, 1.54) is 0 Å². The molecule has 128 valence electrons. The van der Waals surface area contributed by atoms with Gasteiger partial charge in [0.15, 0.2) is 0 Å². The van der Waals surface area contributed by atoms with Crippen molar-refractivity contribution in [1.82, 2.24) is 10.3 Å². The van der Waals surface area contributed by atoms with E-state index in [1.54, 1.807) is 36.6 Å². The molecular formula is C19H19N3O2S. The highest BCUT2D eigenvalue weighted by Gasteiger charge is 2.11. The summed E-state index contributed by atoms with van der Waals surface area (Å²) in [5, 5.41) is 5.91. The Morgan fingerprint density at radius 1 is 1.24 bits per heavy atom. The van der Waals surface area contributed by atoms with Crippen molar-refractivity contribution in [2.24, 2.45) is 0 Å². The summed E-state index contributed by atoms with van der Waals surface area (Å²) < 4.78 is 5.09. The number of carbonyl (C=O) groups is 1. The standard InChI is InChI=1S/C19H19N3O2S/c1-24-14-7-8-15(16(20)11-14)19(23)21-10-9-18-22-17(12-25-18)13-5-3-2-4-6-13/h2-8,11-12H,9-10,20H2,1H3,(H,21,23). The van der Waals surface area contributed by atoms with E-state index in [4.69, 9.17) is 10.5 Å². The van der Waals surface area contributed by atoms with Gasteiger partial charge in [-0.25, -0.2) is 4.98 Å². The number of aromatic nitrogens is 1. The number of nitrogens with zero attached hydrogens (tertiary/aromatic N) is 1. The van der Waals surface area contributed by atoms with Crippen molar-refractivity contribution in [1.29, 1.82) is 0 Å². The molecule has 0 saturated heterocycles. The van der Waals surface area contributed by atoms with Crippen LogP contribution in [0.4, 0.5) is 5.69 Å². The molecule has 1 aromatic heterocycles. The normalized spacial score (nSPS) is 10.4. The van der Waals surface area contributed by atoms with Crippen molar-refractivity contribution in [2.45, 2.75) is 6.42 Å². The van der Waals surface area contributed by atoms with E-state index in [2.05, 4.69) is 10.3 Å². The molecule has 0 unspecified atom stereocenters.